The molecule has 0 bridgehead atoms. The van der Waals surface area contributed by atoms with Gasteiger partial charge in [-0.1, -0.05) is 44.2 Å². The van der Waals surface area contributed by atoms with Gasteiger partial charge < -0.3 is 10.0 Å². The molecule has 1 aromatic carbocycles. The van der Waals surface area contributed by atoms with Gasteiger partial charge in [0.25, 0.3) is 0 Å². The molecule has 1 unspecified atom stereocenters. The lowest BCUT2D eigenvalue weighted by atomic mass is 10.1. The monoisotopic (exact) mass is 221 g/mol. The van der Waals surface area contributed by atoms with Crippen molar-refractivity contribution in [1.82, 2.24) is 4.90 Å². The summed E-state index contributed by atoms with van der Waals surface area (Å²) in [6.45, 7) is 4.04. The van der Waals surface area contributed by atoms with Crippen LogP contribution in [0.25, 0.3) is 0 Å². The Morgan fingerprint density at radius 2 is 1.88 bits per heavy atom. The first kappa shape index (κ1) is 12.7. The van der Waals surface area contributed by atoms with Crippen LogP contribution in [0.5, 0.6) is 0 Å². The van der Waals surface area contributed by atoms with Gasteiger partial charge in [-0.3, -0.25) is 4.79 Å². The molecule has 0 heterocycles. The number of aliphatic hydroxyl groups is 1. The summed E-state index contributed by atoms with van der Waals surface area (Å²) in [6.07, 6.45) is -0.617. The molecule has 88 valence electrons. The standard InChI is InChI=1S/C13H19NO2/c1-10(2)13(16)14(3)9-12(15)11-7-5-4-6-8-11/h4-8,10,12,15H,9H2,1-3H3. The maximum absolute atomic E-state index is 11.6. The molecular weight excluding hydrogens is 202 g/mol. The number of amides is 1. The first-order valence-electron chi connectivity index (χ1n) is 5.50. The van der Waals surface area contributed by atoms with Crippen molar-refractivity contribution in [3.05, 3.63) is 35.9 Å². The Balaban J connectivity index is 2.58. The molecule has 1 aromatic rings. The molecule has 0 aromatic heterocycles. The Morgan fingerprint density at radius 1 is 1.31 bits per heavy atom. The van der Waals surface area contributed by atoms with Crippen LogP contribution in [0.3, 0.4) is 0 Å². The second-order valence-corrected chi connectivity index (χ2v) is 4.30. The third-order valence-corrected chi connectivity index (χ3v) is 2.50. The Hall–Kier alpha value is -1.35. The minimum absolute atomic E-state index is 0.0343. The van der Waals surface area contributed by atoms with Crippen LogP contribution in [-0.4, -0.2) is 29.5 Å². The van der Waals surface area contributed by atoms with Gasteiger partial charge in [-0.05, 0) is 5.56 Å². The van der Waals surface area contributed by atoms with Crippen molar-refractivity contribution in [3.8, 4) is 0 Å². The quantitative estimate of drug-likeness (QED) is 0.842. The number of nitrogens with zero attached hydrogens (tertiary/aromatic N) is 1. The highest BCUT2D eigenvalue weighted by molar-refractivity contribution is 5.77. The lowest BCUT2D eigenvalue weighted by Crippen LogP contribution is -2.34. The molecule has 1 amide bonds. The number of likely N-dealkylation sites (N-methyl/N-ethyl adjacent to an activating group) is 1. The van der Waals surface area contributed by atoms with Crippen LogP contribution in [0.4, 0.5) is 0 Å². The highest BCUT2D eigenvalue weighted by atomic mass is 16.3. The number of hydrogen-bond acceptors (Lipinski definition) is 2. The van der Waals surface area contributed by atoms with Crippen LogP contribution in [0.2, 0.25) is 0 Å². The summed E-state index contributed by atoms with van der Waals surface area (Å²) in [4.78, 5) is 13.2. The van der Waals surface area contributed by atoms with Crippen LogP contribution in [0.1, 0.15) is 25.5 Å². The van der Waals surface area contributed by atoms with E-state index >= 15 is 0 Å². The number of hydrogen-bond donors (Lipinski definition) is 1. The van der Waals surface area contributed by atoms with Crippen molar-refractivity contribution >= 4 is 5.91 Å². The summed E-state index contributed by atoms with van der Waals surface area (Å²) >= 11 is 0. The second kappa shape index (κ2) is 5.66. The predicted octanol–water partition coefficient (Wildman–Crippen LogP) is 1.83. The van der Waals surface area contributed by atoms with Crippen molar-refractivity contribution in [2.75, 3.05) is 13.6 Å². The van der Waals surface area contributed by atoms with E-state index in [1.165, 1.54) is 0 Å². The van der Waals surface area contributed by atoms with Crippen molar-refractivity contribution in [3.63, 3.8) is 0 Å². The first-order valence-corrected chi connectivity index (χ1v) is 5.50. The minimum atomic E-state index is -0.617. The molecule has 3 heteroatoms. The van der Waals surface area contributed by atoms with Crippen LogP contribution in [0.15, 0.2) is 30.3 Å². The molecule has 0 saturated heterocycles. The van der Waals surface area contributed by atoms with E-state index < -0.39 is 6.10 Å². The summed E-state index contributed by atoms with van der Waals surface area (Å²) in [5.41, 5.74) is 0.839. The van der Waals surface area contributed by atoms with Gasteiger partial charge in [0.05, 0.1) is 12.6 Å². The number of rotatable bonds is 4. The average Bonchev–Trinajstić information content (AvgIpc) is 2.28. The highest BCUT2D eigenvalue weighted by Crippen LogP contribution is 2.13. The topological polar surface area (TPSA) is 40.5 Å². The molecule has 0 aliphatic rings. The van der Waals surface area contributed by atoms with Gasteiger partial charge in [0, 0.05) is 13.0 Å². The van der Waals surface area contributed by atoms with Gasteiger partial charge in [0.1, 0.15) is 0 Å². The zero-order chi connectivity index (χ0) is 12.1. The number of benzene rings is 1. The summed E-state index contributed by atoms with van der Waals surface area (Å²) < 4.78 is 0. The molecular formula is C13H19NO2. The van der Waals surface area contributed by atoms with Gasteiger partial charge in [0.15, 0.2) is 0 Å². The van der Waals surface area contributed by atoms with Crippen LogP contribution >= 0.6 is 0 Å². The minimum Gasteiger partial charge on any atom is -0.387 e. The first-order chi connectivity index (χ1) is 7.52. The van der Waals surface area contributed by atoms with Gasteiger partial charge in [-0.2, -0.15) is 0 Å². The molecule has 0 fully saturated rings. The van der Waals surface area contributed by atoms with E-state index in [0.29, 0.717) is 6.54 Å². The van der Waals surface area contributed by atoms with Crippen LogP contribution in [0, 0.1) is 5.92 Å². The van der Waals surface area contributed by atoms with E-state index in [-0.39, 0.29) is 11.8 Å². The SMILES string of the molecule is CC(C)C(=O)N(C)CC(O)c1ccccc1. The number of carbonyl (C=O) groups excluding carboxylic acids is 1. The number of aliphatic hydroxyl groups excluding tert-OH is 1. The van der Waals surface area contributed by atoms with Crippen molar-refractivity contribution in [2.24, 2.45) is 5.92 Å². The molecule has 0 radical (unpaired) electrons. The predicted molar refractivity (Wildman–Crippen MR) is 63.9 cm³/mol. The van der Waals surface area contributed by atoms with E-state index in [1.54, 1.807) is 11.9 Å². The molecule has 16 heavy (non-hydrogen) atoms. The molecule has 1 rings (SSSR count). The van der Waals surface area contributed by atoms with E-state index in [1.807, 2.05) is 44.2 Å². The van der Waals surface area contributed by atoms with Gasteiger partial charge in [-0.15, -0.1) is 0 Å². The largest absolute Gasteiger partial charge is 0.387 e. The lowest BCUT2D eigenvalue weighted by molar-refractivity contribution is -0.134. The molecule has 0 aliphatic heterocycles. The fraction of sp³-hybridized carbons (Fsp3) is 0.462. The molecule has 0 spiro atoms. The molecule has 1 atom stereocenters. The Kier molecular flexibility index (Phi) is 4.50. The summed E-state index contributed by atoms with van der Waals surface area (Å²) in [5, 5.41) is 9.93. The maximum atomic E-state index is 11.6. The second-order valence-electron chi connectivity index (χ2n) is 4.30. The van der Waals surface area contributed by atoms with Crippen LogP contribution < -0.4 is 0 Å². The molecule has 3 nitrogen and oxygen atoms in total. The zero-order valence-corrected chi connectivity index (χ0v) is 10.1. The van der Waals surface area contributed by atoms with Crippen molar-refractivity contribution < 1.29 is 9.90 Å². The van der Waals surface area contributed by atoms with E-state index in [2.05, 4.69) is 0 Å². The Morgan fingerprint density at radius 3 is 2.38 bits per heavy atom. The van der Waals surface area contributed by atoms with E-state index in [0.717, 1.165) is 5.56 Å². The molecule has 0 aliphatic carbocycles. The third-order valence-electron chi connectivity index (χ3n) is 2.50. The lowest BCUT2D eigenvalue weighted by Gasteiger charge is -2.22. The highest BCUT2D eigenvalue weighted by Gasteiger charge is 2.17. The van der Waals surface area contributed by atoms with Gasteiger partial charge in [0.2, 0.25) is 5.91 Å². The maximum Gasteiger partial charge on any atom is 0.224 e. The normalized spacial score (nSPS) is 12.6. The van der Waals surface area contributed by atoms with Gasteiger partial charge >= 0.3 is 0 Å². The summed E-state index contributed by atoms with van der Waals surface area (Å²) in [6, 6.07) is 9.38. The molecule has 0 saturated carbocycles. The fourth-order valence-electron chi connectivity index (χ4n) is 1.57. The fourth-order valence-corrected chi connectivity index (χ4v) is 1.57. The van der Waals surface area contributed by atoms with Gasteiger partial charge in [-0.25, -0.2) is 0 Å². The number of carbonyl (C=O) groups is 1. The van der Waals surface area contributed by atoms with Crippen molar-refractivity contribution in [2.45, 2.75) is 20.0 Å². The zero-order valence-electron chi connectivity index (χ0n) is 10.1. The van der Waals surface area contributed by atoms with E-state index in [9.17, 15) is 9.90 Å². The van der Waals surface area contributed by atoms with Crippen LogP contribution in [-0.2, 0) is 4.79 Å². The summed E-state index contributed by atoms with van der Waals surface area (Å²) in [5.74, 6) is 0.0166. The smallest absolute Gasteiger partial charge is 0.224 e. The Bertz CT molecular complexity index is 335. The average molecular weight is 221 g/mol. The molecule has 1 N–H and O–H groups in total. The van der Waals surface area contributed by atoms with E-state index in [4.69, 9.17) is 0 Å². The Labute approximate surface area is 96.7 Å². The summed E-state index contributed by atoms with van der Waals surface area (Å²) in [7, 11) is 1.72. The third kappa shape index (κ3) is 3.35. The van der Waals surface area contributed by atoms with Crippen molar-refractivity contribution in [1.29, 1.82) is 0 Å².